The van der Waals surface area contributed by atoms with E-state index in [0.717, 1.165) is 24.3 Å². The monoisotopic (exact) mass is 282 g/mol. The molecular weight excluding hydrogens is 256 g/mol. The summed E-state index contributed by atoms with van der Waals surface area (Å²) in [6, 6.07) is 2.09. The molecule has 1 rings (SSSR count). The van der Waals surface area contributed by atoms with Crippen LogP contribution in [0.3, 0.4) is 0 Å². The fourth-order valence-electron chi connectivity index (χ4n) is 2.06. The molecule has 1 aromatic rings. The first-order valence-electron chi connectivity index (χ1n) is 7.11. The average molecular weight is 282 g/mol. The molecule has 6 nitrogen and oxygen atoms in total. The van der Waals surface area contributed by atoms with Gasteiger partial charge >= 0.3 is 0 Å². The third-order valence-corrected chi connectivity index (χ3v) is 3.20. The molecule has 20 heavy (non-hydrogen) atoms. The van der Waals surface area contributed by atoms with Crippen LogP contribution in [-0.4, -0.2) is 30.9 Å². The second-order valence-corrected chi connectivity index (χ2v) is 4.93. The van der Waals surface area contributed by atoms with Gasteiger partial charge in [0.25, 0.3) is 0 Å². The van der Waals surface area contributed by atoms with Crippen LogP contribution in [-0.2, 0) is 11.3 Å². The van der Waals surface area contributed by atoms with Crippen LogP contribution in [0.4, 0.5) is 0 Å². The normalized spacial score (nSPS) is 13.8. The van der Waals surface area contributed by atoms with Gasteiger partial charge in [-0.15, -0.1) is 0 Å². The molecule has 3 N–H and O–H groups in total. The third kappa shape index (κ3) is 5.21. The number of nitrogens with zero attached hydrogens (tertiary/aromatic N) is 2. The molecule has 0 saturated carbocycles. The van der Waals surface area contributed by atoms with Gasteiger partial charge in [-0.1, -0.05) is 19.0 Å². The second kappa shape index (κ2) is 8.58. The Balaban J connectivity index is 2.52. The molecule has 0 aliphatic heterocycles. The van der Waals surface area contributed by atoms with Gasteiger partial charge in [-0.2, -0.15) is 0 Å². The van der Waals surface area contributed by atoms with E-state index >= 15 is 0 Å². The summed E-state index contributed by atoms with van der Waals surface area (Å²) in [6.07, 6.45) is 2.12. The molecule has 0 radical (unpaired) electrons. The van der Waals surface area contributed by atoms with Crippen LogP contribution in [0.15, 0.2) is 15.6 Å². The van der Waals surface area contributed by atoms with E-state index in [1.807, 2.05) is 13.0 Å². The van der Waals surface area contributed by atoms with E-state index < -0.39 is 0 Å². The lowest BCUT2D eigenvalue weighted by molar-refractivity contribution is 0.179. The summed E-state index contributed by atoms with van der Waals surface area (Å²) in [5, 5.41) is 7.14. The Morgan fingerprint density at radius 2 is 2.20 bits per heavy atom. The van der Waals surface area contributed by atoms with Crippen molar-refractivity contribution in [2.75, 3.05) is 13.7 Å². The molecular formula is C14H26N4O2. The van der Waals surface area contributed by atoms with Crippen molar-refractivity contribution in [3.05, 3.63) is 17.5 Å². The summed E-state index contributed by atoms with van der Waals surface area (Å²) in [5.74, 6) is 1.57. The van der Waals surface area contributed by atoms with Crippen LogP contribution in [0, 0.1) is 0 Å². The number of hydrogen-bond acceptors (Lipinski definition) is 4. The Morgan fingerprint density at radius 3 is 2.80 bits per heavy atom. The maximum Gasteiger partial charge on any atom is 0.189 e. The van der Waals surface area contributed by atoms with Gasteiger partial charge in [0, 0.05) is 25.1 Å². The van der Waals surface area contributed by atoms with Crippen molar-refractivity contribution in [3.8, 4) is 0 Å². The zero-order valence-electron chi connectivity index (χ0n) is 12.8. The van der Waals surface area contributed by atoms with Crippen molar-refractivity contribution >= 4 is 5.96 Å². The van der Waals surface area contributed by atoms with Crippen LogP contribution >= 0.6 is 0 Å². The molecule has 1 aromatic heterocycles. The first-order chi connectivity index (χ1) is 9.60. The summed E-state index contributed by atoms with van der Waals surface area (Å²) in [7, 11) is 1.65. The van der Waals surface area contributed by atoms with Gasteiger partial charge in [0.1, 0.15) is 6.54 Å². The number of rotatable bonds is 8. The topological polar surface area (TPSA) is 85.7 Å². The lowest BCUT2D eigenvalue weighted by Gasteiger charge is -2.12. The predicted octanol–water partition coefficient (Wildman–Crippen LogP) is 2.02. The molecule has 0 aliphatic carbocycles. The van der Waals surface area contributed by atoms with Crippen molar-refractivity contribution < 1.29 is 9.26 Å². The van der Waals surface area contributed by atoms with E-state index in [1.54, 1.807) is 7.11 Å². The average Bonchev–Trinajstić information content (AvgIpc) is 2.87. The highest BCUT2D eigenvalue weighted by molar-refractivity contribution is 5.78. The van der Waals surface area contributed by atoms with Gasteiger partial charge in [-0.3, -0.25) is 0 Å². The maximum absolute atomic E-state index is 5.79. The summed E-state index contributed by atoms with van der Waals surface area (Å²) in [4.78, 5) is 4.23. The molecule has 0 bridgehead atoms. The van der Waals surface area contributed by atoms with Crippen molar-refractivity contribution in [1.29, 1.82) is 0 Å². The van der Waals surface area contributed by atoms with Crippen molar-refractivity contribution in [3.63, 3.8) is 0 Å². The van der Waals surface area contributed by atoms with Gasteiger partial charge in [0.05, 0.1) is 12.3 Å². The number of methoxy groups -OCH3 is 1. The summed E-state index contributed by atoms with van der Waals surface area (Å²) in [6.45, 7) is 7.26. The smallest absolute Gasteiger partial charge is 0.189 e. The van der Waals surface area contributed by atoms with Crippen molar-refractivity contribution in [1.82, 2.24) is 10.5 Å². The molecule has 1 unspecified atom stereocenters. The first kappa shape index (κ1) is 16.5. The molecule has 0 aliphatic rings. The van der Waals surface area contributed by atoms with E-state index in [0.29, 0.717) is 25.0 Å². The van der Waals surface area contributed by atoms with Gasteiger partial charge in [0.15, 0.2) is 11.7 Å². The minimum atomic E-state index is 0.124. The Labute approximate surface area is 120 Å². The van der Waals surface area contributed by atoms with E-state index in [9.17, 15) is 0 Å². The molecule has 1 atom stereocenters. The van der Waals surface area contributed by atoms with E-state index in [2.05, 4.69) is 29.3 Å². The number of hydrogen-bond donors (Lipinski definition) is 2. The van der Waals surface area contributed by atoms with Gasteiger partial charge in [-0.25, -0.2) is 4.99 Å². The number of ether oxygens (including phenoxy) is 1. The van der Waals surface area contributed by atoms with Crippen LogP contribution < -0.4 is 11.1 Å². The highest BCUT2D eigenvalue weighted by Gasteiger charge is 2.12. The molecule has 0 spiro atoms. The summed E-state index contributed by atoms with van der Waals surface area (Å²) >= 11 is 0. The Kier molecular flexibility index (Phi) is 7.08. The standard InChI is InChI=1S/C14H26N4O2/c1-5-11(6-2)13-7-12(20-18-13)8-16-14(15)17-10(3)9-19-4/h7,10-11H,5-6,8-9H2,1-4H3,(H3,15,16,17). The first-order valence-corrected chi connectivity index (χ1v) is 7.11. The lowest BCUT2D eigenvalue weighted by atomic mass is 9.99. The molecule has 0 fully saturated rings. The quantitative estimate of drug-likeness (QED) is 0.563. The highest BCUT2D eigenvalue weighted by atomic mass is 16.5. The SMILES string of the molecule is CCC(CC)c1cc(CN=C(N)NC(C)COC)on1. The zero-order valence-corrected chi connectivity index (χ0v) is 12.8. The predicted molar refractivity (Wildman–Crippen MR) is 79.6 cm³/mol. The minimum absolute atomic E-state index is 0.124. The second-order valence-electron chi connectivity index (χ2n) is 4.93. The number of nitrogens with two attached hydrogens (primary N) is 1. The molecule has 0 amide bonds. The number of nitrogens with one attached hydrogen (secondary N) is 1. The Morgan fingerprint density at radius 1 is 1.50 bits per heavy atom. The summed E-state index contributed by atoms with van der Waals surface area (Å²) < 4.78 is 10.3. The van der Waals surface area contributed by atoms with E-state index in [-0.39, 0.29) is 6.04 Å². The molecule has 0 saturated heterocycles. The lowest BCUT2D eigenvalue weighted by Crippen LogP contribution is -2.40. The summed E-state index contributed by atoms with van der Waals surface area (Å²) in [5.41, 5.74) is 6.79. The number of aromatic nitrogens is 1. The van der Waals surface area contributed by atoms with E-state index in [4.69, 9.17) is 15.0 Å². The van der Waals surface area contributed by atoms with E-state index in [1.165, 1.54) is 0 Å². The zero-order chi connectivity index (χ0) is 15.0. The van der Waals surface area contributed by atoms with Crippen molar-refractivity contribution in [2.24, 2.45) is 10.7 Å². The van der Waals surface area contributed by atoms with Gasteiger partial charge < -0.3 is 20.3 Å². The van der Waals surface area contributed by atoms with Crippen LogP contribution in [0.1, 0.15) is 51.0 Å². The molecule has 114 valence electrons. The van der Waals surface area contributed by atoms with Crippen LogP contribution in [0.2, 0.25) is 0 Å². The molecule has 6 heteroatoms. The minimum Gasteiger partial charge on any atom is -0.383 e. The Hall–Kier alpha value is -1.56. The highest BCUT2D eigenvalue weighted by Crippen LogP contribution is 2.22. The van der Waals surface area contributed by atoms with Gasteiger partial charge in [-0.05, 0) is 19.8 Å². The molecule has 0 aromatic carbocycles. The maximum atomic E-state index is 5.79. The van der Waals surface area contributed by atoms with Crippen molar-refractivity contribution in [2.45, 2.75) is 52.1 Å². The Bertz CT molecular complexity index is 413. The number of aliphatic imine (C=N–C) groups is 1. The van der Waals surface area contributed by atoms with Crippen LogP contribution in [0.25, 0.3) is 0 Å². The third-order valence-electron chi connectivity index (χ3n) is 3.20. The molecule has 1 heterocycles. The van der Waals surface area contributed by atoms with Gasteiger partial charge in [0.2, 0.25) is 0 Å². The fraction of sp³-hybridized carbons (Fsp3) is 0.714. The largest absolute Gasteiger partial charge is 0.383 e. The number of guanidine groups is 1. The van der Waals surface area contributed by atoms with Crippen LogP contribution in [0.5, 0.6) is 0 Å². The fourth-order valence-corrected chi connectivity index (χ4v) is 2.06.